The van der Waals surface area contributed by atoms with Gasteiger partial charge in [0.2, 0.25) is 5.91 Å². The van der Waals surface area contributed by atoms with E-state index in [9.17, 15) is 4.79 Å². The van der Waals surface area contributed by atoms with Crippen LogP contribution in [-0.4, -0.2) is 29.5 Å². The molecule has 1 saturated carbocycles. The van der Waals surface area contributed by atoms with Crippen molar-refractivity contribution in [1.82, 2.24) is 5.32 Å². The summed E-state index contributed by atoms with van der Waals surface area (Å²) >= 11 is 3.44. The topological polar surface area (TPSA) is 38.3 Å². The van der Waals surface area contributed by atoms with Crippen molar-refractivity contribution < 1.29 is 9.53 Å². The molecule has 2 aliphatic rings. The molecule has 1 aliphatic carbocycles. The summed E-state index contributed by atoms with van der Waals surface area (Å²) in [6, 6.07) is 0. The highest BCUT2D eigenvalue weighted by molar-refractivity contribution is 9.09. The zero-order valence-corrected chi connectivity index (χ0v) is 9.97. The lowest BCUT2D eigenvalue weighted by atomic mass is 10.0. The monoisotopic (exact) mass is 261 g/mol. The first-order valence-corrected chi connectivity index (χ1v) is 6.29. The molecule has 1 aliphatic heterocycles. The standard InChI is InChI=1S/C10H16BrNO2/c1-7-8(2-5-14-7)9(13)12-10(6-11)3-4-10/h7-8H,2-6H2,1H3,(H,12,13). The lowest BCUT2D eigenvalue weighted by Crippen LogP contribution is -2.43. The maximum absolute atomic E-state index is 11.9. The van der Waals surface area contributed by atoms with Gasteiger partial charge in [-0.15, -0.1) is 0 Å². The van der Waals surface area contributed by atoms with Crippen molar-refractivity contribution in [2.24, 2.45) is 5.92 Å². The average molecular weight is 262 g/mol. The molecule has 2 atom stereocenters. The largest absolute Gasteiger partial charge is 0.378 e. The van der Waals surface area contributed by atoms with Crippen LogP contribution in [0.3, 0.4) is 0 Å². The zero-order valence-electron chi connectivity index (χ0n) is 8.38. The molecular formula is C10H16BrNO2. The number of nitrogens with one attached hydrogen (secondary N) is 1. The quantitative estimate of drug-likeness (QED) is 0.782. The average Bonchev–Trinajstić information content (AvgIpc) is 2.80. The van der Waals surface area contributed by atoms with Crippen LogP contribution >= 0.6 is 15.9 Å². The van der Waals surface area contributed by atoms with Crippen LogP contribution in [0, 0.1) is 5.92 Å². The summed E-state index contributed by atoms with van der Waals surface area (Å²) in [6.07, 6.45) is 3.16. The van der Waals surface area contributed by atoms with E-state index in [1.165, 1.54) is 0 Å². The van der Waals surface area contributed by atoms with Gasteiger partial charge in [0.15, 0.2) is 0 Å². The zero-order chi connectivity index (χ0) is 10.2. The molecular weight excluding hydrogens is 246 g/mol. The molecule has 3 nitrogen and oxygen atoms in total. The summed E-state index contributed by atoms with van der Waals surface area (Å²) in [5.41, 5.74) is 0.0688. The minimum atomic E-state index is 0.0616. The normalized spacial score (nSPS) is 34.1. The third-order valence-electron chi connectivity index (χ3n) is 3.21. The van der Waals surface area contributed by atoms with E-state index in [2.05, 4.69) is 21.2 Å². The number of carbonyl (C=O) groups is 1. The first-order chi connectivity index (χ1) is 6.67. The van der Waals surface area contributed by atoms with Crippen LogP contribution in [0.25, 0.3) is 0 Å². The molecule has 1 N–H and O–H groups in total. The Kier molecular flexibility index (Phi) is 2.84. The van der Waals surface area contributed by atoms with Gasteiger partial charge in [0, 0.05) is 17.5 Å². The van der Waals surface area contributed by atoms with Gasteiger partial charge in [-0.3, -0.25) is 4.79 Å². The van der Waals surface area contributed by atoms with Crippen LogP contribution in [-0.2, 0) is 9.53 Å². The van der Waals surface area contributed by atoms with Gasteiger partial charge in [-0.05, 0) is 26.2 Å². The molecule has 0 radical (unpaired) electrons. The van der Waals surface area contributed by atoms with Gasteiger partial charge in [-0.1, -0.05) is 15.9 Å². The number of hydrogen-bond donors (Lipinski definition) is 1. The third kappa shape index (κ3) is 1.96. The summed E-state index contributed by atoms with van der Waals surface area (Å²) < 4.78 is 5.38. The van der Waals surface area contributed by atoms with E-state index in [1.807, 2.05) is 6.92 Å². The molecule has 80 valence electrons. The summed E-state index contributed by atoms with van der Waals surface area (Å²) in [6.45, 7) is 2.70. The van der Waals surface area contributed by atoms with E-state index in [1.54, 1.807) is 0 Å². The summed E-state index contributed by atoms with van der Waals surface area (Å²) in [7, 11) is 0. The SMILES string of the molecule is CC1OCCC1C(=O)NC1(CBr)CC1. The Bertz CT molecular complexity index is 240. The van der Waals surface area contributed by atoms with Crippen molar-refractivity contribution in [3.63, 3.8) is 0 Å². The molecule has 1 amide bonds. The molecule has 2 fully saturated rings. The Labute approximate surface area is 92.7 Å². The van der Waals surface area contributed by atoms with Crippen LogP contribution in [0.5, 0.6) is 0 Å². The fourth-order valence-corrected chi connectivity index (χ4v) is 2.57. The lowest BCUT2D eigenvalue weighted by molar-refractivity contribution is -0.127. The first kappa shape index (κ1) is 10.4. The number of rotatable bonds is 3. The van der Waals surface area contributed by atoms with Crippen molar-refractivity contribution in [2.75, 3.05) is 11.9 Å². The van der Waals surface area contributed by atoms with E-state index in [-0.39, 0.29) is 23.5 Å². The van der Waals surface area contributed by atoms with Gasteiger partial charge in [0.1, 0.15) is 0 Å². The van der Waals surface area contributed by atoms with Crippen LogP contribution in [0.15, 0.2) is 0 Å². The van der Waals surface area contributed by atoms with Crippen LogP contribution < -0.4 is 5.32 Å². The molecule has 1 saturated heterocycles. The van der Waals surface area contributed by atoms with Gasteiger partial charge in [-0.2, -0.15) is 0 Å². The summed E-state index contributed by atoms with van der Waals surface area (Å²) in [5, 5.41) is 3.99. The van der Waals surface area contributed by atoms with E-state index >= 15 is 0 Å². The Morgan fingerprint density at radius 3 is 2.79 bits per heavy atom. The highest BCUT2D eigenvalue weighted by atomic mass is 79.9. The van der Waals surface area contributed by atoms with Crippen molar-refractivity contribution in [3.8, 4) is 0 Å². The van der Waals surface area contributed by atoms with Gasteiger partial charge in [0.05, 0.1) is 12.0 Å². The molecule has 0 aromatic rings. The second kappa shape index (κ2) is 3.81. The molecule has 0 aromatic heterocycles. The molecule has 2 rings (SSSR count). The number of ether oxygens (including phenoxy) is 1. The predicted molar refractivity (Wildman–Crippen MR) is 57.4 cm³/mol. The Morgan fingerprint density at radius 1 is 1.64 bits per heavy atom. The van der Waals surface area contributed by atoms with E-state index in [0.717, 1.165) is 31.2 Å². The van der Waals surface area contributed by atoms with E-state index < -0.39 is 0 Å². The van der Waals surface area contributed by atoms with Crippen molar-refractivity contribution in [1.29, 1.82) is 0 Å². The number of amides is 1. The first-order valence-electron chi connectivity index (χ1n) is 5.16. The maximum atomic E-state index is 11.9. The molecule has 0 aromatic carbocycles. The third-order valence-corrected chi connectivity index (χ3v) is 4.28. The van der Waals surface area contributed by atoms with Gasteiger partial charge in [0.25, 0.3) is 0 Å². The highest BCUT2D eigenvalue weighted by Gasteiger charge is 2.45. The predicted octanol–water partition coefficient (Wildman–Crippen LogP) is 1.46. The minimum absolute atomic E-state index is 0.0616. The fourth-order valence-electron chi connectivity index (χ4n) is 1.87. The number of halogens is 1. The van der Waals surface area contributed by atoms with E-state index in [0.29, 0.717) is 0 Å². The number of alkyl halides is 1. The van der Waals surface area contributed by atoms with Gasteiger partial charge >= 0.3 is 0 Å². The molecule has 1 heterocycles. The number of hydrogen-bond acceptors (Lipinski definition) is 2. The van der Waals surface area contributed by atoms with E-state index in [4.69, 9.17) is 4.74 Å². The van der Waals surface area contributed by atoms with Crippen LogP contribution in [0.1, 0.15) is 26.2 Å². The summed E-state index contributed by atoms with van der Waals surface area (Å²) in [4.78, 5) is 11.9. The van der Waals surface area contributed by atoms with Crippen molar-refractivity contribution in [3.05, 3.63) is 0 Å². The minimum Gasteiger partial charge on any atom is -0.378 e. The molecule has 0 spiro atoms. The second-order valence-electron chi connectivity index (χ2n) is 4.37. The Balaban J connectivity index is 1.89. The molecule has 0 bridgehead atoms. The highest BCUT2D eigenvalue weighted by Crippen LogP contribution is 2.37. The second-order valence-corrected chi connectivity index (χ2v) is 4.94. The number of carbonyl (C=O) groups excluding carboxylic acids is 1. The van der Waals surface area contributed by atoms with Crippen molar-refractivity contribution in [2.45, 2.75) is 37.8 Å². The Hall–Kier alpha value is -0.0900. The van der Waals surface area contributed by atoms with Gasteiger partial charge < -0.3 is 10.1 Å². The lowest BCUT2D eigenvalue weighted by Gasteiger charge is -2.19. The molecule has 2 unspecified atom stereocenters. The van der Waals surface area contributed by atoms with Gasteiger partial charge in [-0.25, -0.2) is 0 Å². The van der Waals surface area contributed by atoms with Crippen LogP contribution in [0.2, 0.25) is 0 Å². The fraction of sp³-hybridized carbons (Fsp3) is 0.900. The Morgan fingerprint density at radius 2 is 2.36 bits per heavy atom. The van der Waals surface area contributed by atoms with Crippen molar-refractivity contribution >= 4 is 21.8 Å². The maximum Gasteiger partial charge on any atom is 0.226 e. The molecule has 14 heavy (non-hydrogen) atoms. The smallest absolute Gasteiger partial charge is 0.226 e. The molecule has 4 heteroatoms. The van der Waals surface area contributed by atoms with Crippen LogP contribution in [0.4, 0.5) is 0 Å². The summed E-state index contributed by atoms with van der Waals surface area (Å²) in [5.74, 6) is 0.235.